The molecule has 0 aromatic heterocycles. The molecule has 5 nitrogen and oxygen atoms in total. The maximum atomic E-state index is 5.70. The Morgan fingerprint density at radius 1 is 1.38 bits per heavy atom. The fraction of sp³-hybridized carbons (Fsp3) is 0.632. The first kappa shape index (κ1) is 18.6. The Bertz CT molecular complexity index is 541. The zero-order valence-electron chi connectivity index (χ0n) is 15.5. The lowest BCUT2D eigenvalue weighted by Crippen LogP contribution is -2.40. The average molecular weight is 333 g/mol. The highest BCUT2D eigenvalue weighted by atomic mass is 16.5. The second kappa shape index (κ2) is 9.52. The van der Waals surface area contributed by atoms with E-state index in [1.54, 1.807) is 0 Å². The quantitative estimate of drug-likeness (QED) is 0.429. The Morgan fingerprint density at radius 2 is 2.17 bits per heavy atom. The summed E-state index contributed by atoms with van der Waals surface area (Å²) in [6.45, 7) is 8.01. The molecule has 0 amide bonds. The van der Waals surface area contributed by atoms with E-state index < -0.39 is 0 Å². The van der Waals surface area contributed by atoms with Crippen LogP contribution in [-0.4, -0.2) is 51.3 Å². The minimum absolute atomic E-state index is 0.693. The lowest BCUT2D eigenvalue weighted by Gasteiger charge is -2.22. The monoisotopic (exact) mass is 333 g/mol. The van der Waals surface area contributed by atoms with Crippen LogP contribution >= 0.6 is 0 Å². The number of aryl methyl sites for hydroxylation is 1. The number of hydrogen-bond acceptors (Lipinski definition) is 3. The fourth-order valence-corrected chi connectivity index (χ4v) is 2.55. The fourth-order valence-electron chi connectivity index (χ4n) is 2.55. The molecule has 1 N–H and O–H groups in total. The van der Waals surface area contributed by atoms with Crippen molar-refractivity contribution in [3.63, 3.8) is 0 Å². The molecule has 5 heteroatoms. The van der Waals surface area contributed by atoms with Crippen molar-refractivity contribution in [2.24, 2.45) is 10.9 Å². The van der Waals surface area contributed by atoms with Crippen molar-refractivity contribution in [1.82, 2.24) is 10.2 Å². The molecule has 0 atom stereocenters. The molecule has 1 aromatic rings. The van der Waals surface area contributed by atoms with Gasteiger partial charge in [-0.05, 0) is 49.8 Å². The van der Waals surface area contributed by atoms with Crippen molar-refractivity contribution < 1.29 is 9.47 Å². The highest BCUT2D eigenvalue weighted by molar-refractivity contribution is 5.79. The van der Waals surface area contributed by atoms with E-state index >= 15 is 0 Å². The summed E-state index contributed by atoms with van der Waals surface area (Å²) in [6.07, 6.45) is 2.67. The van der Waals surface area contributed by atoms with Gasteiger partial charge in [0.1, 0.15) is 5.75 Å². The number of hydrogen-bond donors (Lipinski definition) is 1. The number of aliphatic imine (C=N–C) groups is 1. The summed E-state index contributed by atoms with van der Waals surface area (Å²) in [5.41, 5.74) is 2.38. The topological polar surface area (TPSA) is 46.1 Å². The molecule has 1 fully saturated rings. The van der Waals surface area contributed by atoms with Gasteiger partial charge >= 0.3 is 0 Å². The molecular weight excluding hydrogens is 302 g/mol. The van der Waals surface area contributed by atoms with Gasteiger partial charge in [-0.3, -0.25) is 4.99 Å². The van der Waals surface area contributed by atoms with E-state index in [4.69, 9.17) is 9.47 Å². The van der Waals surface area contributed by atoms with Crippen LogP contribution in [0.4, 0.5) is 0 Å². The number of rotatable bonds is 9. The van der Waals surface area contributed by atoms with Crippen molar-refractivity contribution in [1.29, 1.82) is 0 Å². The summed E-state index contributed by atoms with van der Waals surface area (Å²) in [6, 6.07) is 6.29. The number of likely N-dealkylation sites (N-methyl/N-ethyl adjacent to an activating group) is 1. The number of nitrogens with zero attached hydrogens (tertiary/aromatic N) is 2. The molecule has 1 aromatic carbocycles. The zero-order valence-corrected chi connectivity index (χ0v) is 15.5. The molecule has 0 bridgehead atoms. The Hall–Kier alpha value is -1.75. The standard InChI is InChI=1S/C19H31N3O2/c1-5-24-18-9-8-17(12-15(18)2)13-21-19(20-3)22(4)10-11-23-14-16-6-7-16/h8-9,12,16H,5-7,10-11,13-14H2,1-4H3,(H,20,21). The van der Waals surface area contributed by atoms with Crippen LogP contribution in [0.5, 0.6) is 5.75 Å². The molecule has 2 rings (SSSR count). The van der Waals surface area contributed by atoms with E-state index in [1.807, 2.05) is 27.1 Å². The minimum atomic E-state index is 0.693. The third-order valence-electron chi connectivity index (χ3n) is 4.18. The smallest absolute Gasteiger partial charge is 0.193 e. The largest absolute Gasteiger partial charge is 0.494 e. The van der Waals surface area contributed by atoms with Crippen LogP contribution in [0.15, 0.2) is 23.2 Å². The Balaban J connectivity index is 1.76. The van der Waals surface area contributed by atoms with E-state index in [2.05, 4.69) is 34.3 Å². The Labute approximate surface area is 146 Å². The lowest BCUT2D eigenvalue weighted by molar-refractivity contribution is 0.115. The molecule has 1 aliphatic rings. The summed E-state index contributed by atoms with van der Waals surface area (Å²) < 4.78 is 11.3. The van der Waals surface area contributed by atoms with Crippen LogP contribution in [0.25, 0.3) is 0 Å². The summed E-state index contributed by atoms with van der Waals surface area (Å²) in [5.74, 6) is 2.66. The van der Waals surface area contributed by atoms with Gasteiger partial charge in [0.05, 0.1) is 13.2 Å². The number of nitrogens with one attached hydrogen (secondary N) is 1. The van der Waals surface area contributed by atoms with Crippen LogP contribution in [0.2, 0.25) is 0 Å². The summed E-state index contributed by atoms with van der Waals surface area (Å²) in [4.78, 5) is 6.46. The van der Waals surface area contributed by atoms with Crippen molar-refractivity contribution in [2.45, 2.75) is 33.2 Å². The molecule has 134 valence electrons. The van der Waals surface area contributed by atoms with Crippen LogP contribution in [0.3, 0.4) is 0 Å². The van der Waals surface area contributed by atoms with Crippen LogP contribution in [0.1, 0.15) is 30.9 Å². The Kier molecular flexibility index (Phi) is 7.37. The molecule has 1 aliphatic carbocycles. The van der Waals surface area contributed by atoms with Crippen molar-refractivity contribution in [3.8, 4) is 5.75 Å². The molecule has 0 unspecified atom stereocenters. The molecule has 0 heterocycles. The molecule has 0 radical (unpaired) electrons. The maximum absolute atomic E-state index is 5.70. The first-order valence-electron chi connectivity index (χ1n) is 8.86. The molecule has 0 saturated heterocycles. The van der Waals surface area contributed by atoms with Gasteiger partial charge in [-0.15, -0.1) is 0 Å². The normalized spacial score (nSPS) is 14.6. The summed E-state index contributed by atoms with van der Waals surface area (Å²) in [7, 11) is 3.85. The average Bonchev–Trinajstić information content (AvgIpc) is 3.39. The van der Waals surface area contributed by atoms with E-state index in [0.717, 1.165) is 49.5 Å². The first-order valence-corrected chi connectivity index (χ1v) is 8.86. The van der Waals surface area contributed by atoms with Gasteiger partial charge in [-0.25, -0.2) is 0 Å². The van der Waals surface area contributed by atoms with Gasteiger partial charge in [0, 0.05) is 33.8 Å². The second-order valence-corrected chi connectivity index (χ2v) is 6.37. The predicted octanol–water partition coefficient (Wildman–Crippen LogP) is 2.83. The van der Waals surface area contributed by atoms with Gasteiger partial charge in [-0.1, -0.05) is 12.1 Å². The molecule has 0 spiro atoms. The van der Waals surface area contributed by atoms with Crippen LogP contribution in [-0.2, 0) is 11.3 Å². The first-order chi connectivity index (χ1) is 11.6. The minimum Gasteiger partial charge on any atom is -0.494 e. The van der Waals surface area contributed by atoms with Crippen LogP contribution in [0, 0.1) is 12.8 Å². The lowest BCUT2D eigenvalue weighted by atomic mass is 10.1. The van der Waals surface area contributed by atoms with Crippen molar-refractivity contribution in [2.75, 3.05) is 40.5 Å². The third kappa shape index (κ3) is 6.04. The SMILES string of the molecule is CCOc1ccc(CNC(=NC)N(C)CCOCC2CC2)cc1C. The van der Waals surface area contributed by atoms with Crippen molar-refractivity contribution >= 4 is 5.96 Å². The van der Waals surface area contributed by atoms with E-state index in [-0.39, 0.29) is 0 Å². The molecular formula is C19H31N3O2. The summed E-state index contributed by atoms with van der Waals surface area (Å²) in [5, 5.41) is 3.41. The molecule has 1 saturated carbocycles. The third-order valence-corrected chi connectivity index (χ3v) is 4.18. The van der Waals surface area contributed by atoms with Gasteiger partial charge in [0.15, 0.2) is 5.96 Å². The highest BCUT2D eigenvalue weighted by Crippen LogP contribution is 2.28. The molecule has 0 aliphatic heterocycles. The maximum Gasteiger partial charge on any atom is 0.193 e. The van der Waals surface area contributed by atoms with E-state index in [0.29, 0.717) is 6.61 Å². The highest BCUT2D eigenvalue weighted by Gasteiger charge is 2.21. The Morgan fingerprint density at radius 3 is 2.79 bits per heavy atom. The van der Waals surface area contributed by atoms with Crippen LogP contribution < -0.4 is 10.1 Å². The van der Waals surface area contributed by atoms with E-state index in [9.17, 15) is 0 Å². The van der Waals surface area contributed by atoms with Gasteiger partial charge in [-0.2, -0.15) is 0 Å². The van der Waals surface area contributed by atoms with Gasteiger partial charge < -0.3 is 19.7 Å². The zero-order chi connectivity index (χ0) is 17.4. The van der Waals surface area contributed by atoms with Gasteiger partial charge in [0.2, 0.25) is 0 Å². The van der Waals surface area contributed by atoms with Crippen molar-refractivity contribution in [3.05, 3.63) is 29.3 Å². The second-order valence-electron chi connectivity index (χ2n) is 6.37. The number of ether oxygens (including phenoxy) is 2. The number of benzene rings is 1. The van der Waals surface area contributed by atoms with Gasteiger partial charge in [0.25, 0.3) is 0 Å². The molecule has 24 heavy (non-hydrogen) atoms. The predicted molar refractivity (Wildman–Crippen MR) is 98.7 cm³/mol. The summed E-state index contributed by atoms with van der Waals surface area (Å²) >= 11 is 0. The van der Waals surface area contributed by atoms with E-state index in [1.165, 1.54) is 18.4 Å². The number of guanidine groups is 1.